The van der Waals surface area contributed by atoms with Crippen LogP contribution in [0.3, 0.4) is 0 Å². The summed E-state index contributed by atoms with van der Waals surface area (Å²) in [5.41, 5.74) is 1.97. The number of ether oxygens (including phenoxy) is 1. The van der Waals surface area contributed by atoms with Gasteiger partial charge in [0.25, 0.3) is 0 Å². The van der Waals surface area contributed by atoms with E-state index in [9.17, 15) is 22.4 Å². The topological polar surface area (TPSA) is 54.5 Å². The Balaban J connectivity index is 1.43. The largest absolute Gasteiger partial charge is 0.573 e. The van der Waals surface area contributed by atoms with E-state index in [-0.39, 0.29) is 17.4 Å². The molecule has 0 atom stereocenters. The molecule has 154 valence electrons. The Labute approximate surface area is 164 Å². The fraction of sp³-hybridized carbons (Fsp3) is 0.400. The van der Waals surface area contributed by atoms with Crippen LogP contribution in [0.25, 0.3) is 11.3 Å². The summed E-state index contributed by atoms with van der Waals surface area (Å²) in [7, 11) is 0. The van der Waals surface area contributed by atoms with Crippen molar-refractivity contribution < 1.29 is 27.1 Å². The van der Waals surface area contributed by atoms with Crippen LogP contribution in [-0.2, 0) is 4.79 Å². The predicted molar refractivity (Wildman–Crippen MR) is 97.8 cm³/mol. The summed E-state index contributed by atoms with van der Waals surface area (Å²) in [6.45, 7) is 3.24. The molecule has 2 fully saturated rings. The van der Waals surface area contributed by atoms with Gasteiger partial charge in [-0.25, -0.2) is 4.39 Å². The van der Waals surface area contributed by atoms with Gasteiger partial charge in [-0.3, -0.25) is 9.78 Å². The molecule has 1 spiro atoms. The molecular formula is C20H19F4N3O2. The van der Waals surface area contributed by atoms with E-state index in [1.165, 1.54) is 13.0 Å². The number of alkyl halides is 3. The molecule has 29 heavy (non-hydrogen) atoms. The number of hydrogen-bond donors (Lipinski definition) is 1. The van der Waals surface area contributed by atoms with Crippen LogP contribution in [0.5, 0.6) is 5.75 Å². The van der Waals surface area contributed by atoms with Crippen LogP contribution in [0.4, 0.5) is 23.2 Å². The van der Waals surface area contributed by atoms with Gasteiger partial charge in [-0.1, -0.05) is 0 Å². The van der Waals surface area contributed by atoms with Gasteiger partial charge in [-0.05, 0) is 43.2 Å². The highest BCUT2D eigenvalue weighted by Gasteiger charge is 2.52. The average Bonchev–Trinajstić information content (AvgIpc) is 2.56. The standard InChI is InChI=1S/C20H19F4N3O2/c1-12(28)26-14-8-19(9-14)10-27(11-19)15-4-5-25-17(7-15)13-2-3-18(16(21)6-13)29-20(22,23)24/h2-7,14H,8-11H2,1H3,(H,26,28). The van der Waals surface area contributed by atoms with Crippen LogP contribution in [0.15, 0.2) is 36.5 Å². The minimum absolute atomic E-state index is 0.0151. The molecule has 9 heteroatoms. The predicted octanol–water partition coefficient (Wildman–Crippen LogP) is 3.89. The lowest BCUT2D eigenvalue weighted by molar-refractivity contribution is -0.275. The number of carbonyl (C=O) groups excluding carboxylic acids is 1. The second-order valence-corrected chi connectivity index (χ2v) is 7.75. The van der Waals surface area contributed by atoms with Crippen molar-refractivity contribution in [1.29, 1.82) is 0 Å². The fourth-order valence-electron chi connectivity index (χ4n) is 4.22. The summed E-state index contributed by atoms with van der Waals surface area (Å²) in [6, 6.07) is 7.14. The number of nitrogens with zero attached hydrogens (tertiary/aromatic N) is 2. The Morgan fingerprint density at radius 3 is 2.59 bits per heavy atom. The molecule has 1 N–H and O–H groups in total. The van der Waals surface area contributed by atoms with Crippen LogP contribution in [0, 0.1) is 11.2 Å². The van der Waals surface area contributed by atoms with Crippen molar-refractivity contribution in [3.05, 3.63) is 42.3 Å². The van der Waals surface area contributed by atoms with E-state index in [1.807, 2.05) is 6.07 Å². The summed E-state index contributed by atoms with van der Waals surface area (Å²) in [6.07, 6.45) is -1.46. The van der Waals surface area contributed by atoms with Gasteiger partial charge in [0.15, 0.2) is 11.6 Å². The number of hydrogen-bond acceptors (Lipinski definition) is 4. The summed E-state index contributed by atoms with van der Waals surface area (Å²) in [5.74, 6) is -1.99. The van der Waals surface area contributed by atoms with Crippen molar-refractivity contribution in [3.8, 4) is 17.0 Å². The van der Waals surface area contributed by atoms with Crippen LogP contribution in [-0.4, -0.2) is 36.4 Å². The van der Waals surface area contributed by atoms with Gasteiger partial charge < -0.3 is 15.0 Å². The maximum atomic E-state index is 14.0. The van der Waals surface area contributed by atoms with Crippen LogP contribution in [0.2, 0.25) is 0 Å². The normalized spacial score (nSPS) is 18.2. The molecule has 0 unspecified atom stereocenters. The van der Waals surface area contributed by atoms with Crippen molar-refractivity contribution in [2.24, 2.45) is 5.41 Å². The first-order valence-electron chi connectivity index (χ1n) is 9.16. The smallest absolute Gasteiger partial charge is 0.403 e. The molecule has 1 saturated heterocycles. The van der Waals surface area contributed by atoms with E-state index in [1.54, 1.807) is 12.3 Å². The van der Waals surface area contributed by atoms with Crippen molar-refractivity contribution in [2.75, 3.05) is 18.0 Å². The van der Waals surface area contributed by atoms with Gasteiger partial charge in [-0.15, -0.1) is 13.2 Å². The number of rotatable bonds is 4. The first kappa shape index (κ1) is 19.5. The maximum Gasteiger partial charge on any atom is 0.573 e. The third-order valence-corrected chi connectivity index (χ3v) is 5.38. The van der Waals surface area contributed by atoms with Gasteiger partial charge in [0, 0.05) is 48.9 Å². The number of aromatic nitrogens is 1. The minimum Gasteiger partial charge on any atom is -0.403 e. The van der Waals surface area contributed by atoms with E-state index in [0.717, 1.165) is 43.8 Å². The van der Waals surface area contributed by atoms with E-state index >= 15 is 0 Å². The second kappa shape index (κ2) is 6.89. The Morgan fingerprint density at radius 2 is 1.97 bits per heavy atom. The lowest BCUT2D eigenvalue weighted by atomic mass is 9.60. The van der Waals surface area contributed by atoms with E-state index in [0.29, 0.717) is 11.3 Å². The van der Waals surface area contributed by atoms with E-state index in [4.69, 9.17) is 0 Å². The number of halogens is 4. The van der Waals surface area contributed by atoms with Gasteiger partial charge in [0.2, 0.25) is 5.91 Å². The molecular weight excluding hydrogens is 390 g/mol. The zero-order valence-corrected chi connectivity index (χ0v) is 15.6. The molecule has 2 aliphatic rings. The third-order valence-electron chi connectivity index (χ3n) is 5.38. The molecule has 1 saturated carbocycles. The summed E-state index contributed by atoms with van der Waals surface area (Å²) >= 11 is 0. The first-order chi connectivity index (χ1) is 13.6. The molecule has 0 bridgehead atoms. The molecule has 1 amide bonds. The monoisotopic (exact) mass is 409 g/mol. The Bertz CT molecular complexity index is 934. The quantitative estimate of drug-likeness (QED) is 0.779. The highest BCUT2D eigenvalue weighted by atomic mass is 19.4. The highest BCUT2D eigenvalue weighted by Crippen LogP contribution is 2.49. The zero-order chi connectivity index (χ0) is 20.8. The first-order valence-corrected chi connectivity index (χ1v) is 9.16. The van der Waals surface area contributed by atoms with Crippen LogP contribution >= 0.6 is 0 Å². The van der Waals surface area contributed by atoms with E-state index in [2.05, 4.69) is 19.9 Å². The SMILES string of the molecule is CC(=O)NC1CC2(C1)CN(c1ccnc(-c3ccc(OC(F)(F)F)c(F)c3)c1)C2. The molecule has 0 radical (unpaired) electrons. The number of anilines is 1. The molecule has 1 aromatic carbocycles. The summed E-state index contributed by atoms with van der Waals surface area (Å²) < 4.78 is 54.5. The number of benzene rings is 1. The molecule has 1 aromatic heterocycles. The molecule has 4 rings (SSSR count). The lowest BCUT2D eigenvalue weighted by Gasteiger charge is -2.60. The number of pyridine rings is 1. The fourth-order valence-corrected chi connectivity index (χ4v) is 4.22. The van der Waals surface area contributed by atoms with Crippen molar-refractivity contribution >= 4 is 11.6 Å². The maximum absolute atomic E-state index is 14.0. The minimum atomic E-state index is -4.95. The van der Waals surface area contributed by atoms with Gasteiger partial charge in [0.05, 0.1) is 5.69 Å². The van der Waals surface area contributed by atoms with Crippen LogP contribution < -0.4 is 15.0 Å². The van der Waals surface area contributed by atoms with Crippen molar-refractivity contribution in [1.82, 2.24) is 10.3 Å². The molecule has 2 aromatic rings. The number of amides is 1. The molecule has 5 nitrogen and oxygen atoms in total. The van der Waals surface area contributed by atoms with Gasteiger partial charge >= 0.3 is 6.36 Å². The number of carbonyl (C=O) groups is 1. The third kappa shape index (κ3) is 4.13. The Hall–Kier alpha value is -2.84. The Kier molecular flexibility index (Phi) is 4.63. The van der Waals surface area contributed by atoms with Gasteiger partial charge in [0.1, 0.15) is 0 Å². The van der Waals surface area contributed by atoms with Crippen molar-refractivity contribution in [3.63, 3.8) is 0 Å². The molecule has 1 aliphatic heterocycles. The van der Waals surface area contributed by atoms with Crippen LogP contribution in [0.1, 0.15) is 19.8 Å². The lowest BCUT2D eigenvalue weighted by Crippen LogP contribution is -2.66. The Morgan fingerprint density at radius 1 is 1.24 bits per heavy atom. The van der Waals surface area contributed by atoms with Gasteiger partial charge in [-0.2, -0.15) is 0 Å². The molecule has 2 heterocycles. The highest BCUT2D eigenvalue weighted by molar-refractivity contribution is 5.73. The zero-order valence-electron chi connectivity index (χ0n) is 15.6. The summed E-state index contributed by atoms with van der Waals surface area (Å²) in [4.78, 5) is 17.5. The summed E-state index contributed by atoms with van der Waals surface area (Å²) in [5, 5.41) is 2.93. The van der Waals surface area contributed by atoms with E-state index < -0.39 is 17.9 Å². The molecule has 1 aliphatic carbocycles. The van der Waals surface area contributed by atoms with Crippen molar-refractivity contribution in [2.45, 2.75) is 32.2 Å². The second-order valence-electron chi connectivity index (χ2n) is 7.75. The number of nitrogens with one attached hydrogen (secondary N) is 1. The average molecular weight is 409 g/mol.